The molecule has 0 fully saturated rings. The Labute approximate surface area is 112 Å². The zero-order valence-electron chi connectivity index (χ0n) is 11.1. The molecule has 2 N–H and O–H groups in total. The van der Waals surface area contributed by atoms with E-state index in [1.165, 1.54) is 24.9 Å². The molecule has 0 aromatic carbocycles. The van der Waals surface area contributed by atoms with Crippen LogP contribution in [0.1, 0.15) is 23.8 Å². The number of aromatic carboxylic acids is 1. The fraction of sp³-hybridized carbons (Fsp3) is 0.545. The van der Waals surface area contributed by atoms with Gasteiger partial charge in [-0.2, -0.15) is 0 Å². The van der Waals surface area contributed by atoms with Gasteiger partial charge in [0.2, 0.25) is 10.0 Å². The molecule has 108 valence electrons. The molecule has 0 bridgehead atoms. The number of carboxylic acids is 1. The van der Waals surface area contributed by atoms with Crippen LogP contribution < -0.4 is 0 Å². The molecule has 1 aromatic heterocycles. The summed E-state index contributed by atoms with van der Waals surface area (Å²) in [5.74, 6) is -1.18. The van der Waals surface area contributed by atoms with Crippen molar-refractivity contribution in [2.75, 3.05) is 13.6 Å². The lowest BCUT2D eigenvalue weighted by molar-refractivity contribution is 0.0686. The third kappa shape index (κ3) is 3.55. The van der Waals surface area contributed by atoms with Crippen molar-refractivity contribution >= 4 is 16.0 Å². The average Bonchev–Trinajstić information content (AvgIpc) is 2.68. The van der Waals surface area contributed by atoms with Gasteiger partial charge in [-0.3, -0.25) is 0 Å². The van der Waals surface area contributed by atoms with Crippen molar-refractivity contribution in [1.82, 2.24) is 8.87 Å². The average molecular weight is 290 g/mol. The van der Waals surface area contributed by atoms with Crippen molar-refractivity contribution in [3.8, 4) is 0 Å². The molecule has 1 aromatic rings. The first-order chi connectivity index (χ1) is 8.66. The molecule has 0 spiro atoms. The van der Waals surface area contributed by atoms with Crippen LogP contribution in [0, 0.1) is 0 Å². The summed E-state index contributed by atoms with van der Waals surface area (Å²) in [6.07, 6.45) is 0.981. The van der Waals surface area contributed by atoms with Gasteiger partial charge in [-0.05, 0) is 19.4 Å². The van der Waals surface area contributed by atoms with Crippen LogP contribution in [0.2, 0.25) is 0 Å². The molecule has 0 aliphatic carbocycles. The highest BCUT2D eigenvalue weighted by atomic mass is 32.2. The second kappa shape index (κ2) is 5.72. The van der Waals surface area contributed by atoms with Gasteiger partial charge in [0, 0.05) is 26.8 Å². The second-order valence-corrected chi connectivity index (χ2v) is 6.49. The number of rotatable bonds is 6. The number of sulfonamides is 1. The minimum absolute atomic E-state index is 0.0690. The SMILES string of the molecule is CC(O)CCN(C)S(=O)(=O)c1cc(C(=O)O)n(C)c1. The molecule has 1 atom stereocenters. The number of carbonyl (C=O) groups is 1. The van der Waals surface area contributed by atoms with Crippen LogP contribution in [0.15, 0.2) is 17.2 Å². The Kier molecular flexibility index (Phi) is 4.72. The topological polar surface area (TPSA) is 99.8 Å². The molecular weight excluding hydrogens is 272 g/mol. The Balaban J connectivity index is 3.00. The Morgan fingerprint density at radius 1 is 1.53 bits per heavy atom. The number of aliphatic hydroxyl groups excluding tert-OH is 1. The van der Waals surface area contributed by atoms with E-state index in [1.54, 1.807) is 6.92 Å². The highest BCUT2D eigenvalue weighted by molar-refractivity contribution is 7.89. The van der Waals surface area contributed by atoms with Crippen LogP contribution in [-0.2, 0) is 17.1 Å². The highest BCUT2D eigenvalue weighted by Crippen LogP contribution is 2.18. The lowest BCUT2D eigenvalue weighted by Crippen LogP contribution is -2.29. The van der Waals surface area contributed by atoms with E-state index in [0.717, 1.165) is 10.4 Å². The summed E-state index contributed by atoms with van der Waals surface area (Å²) in [4.78, 5) is 10.8. The number of aromatic nitrogens is 1. The van der Waals surface area contributed by atoms with E-state index in [1.807, 2.05) is 0 Å². The molecule has 0 aliphatic rings. The normalized spacial score (nSPS) is 13.7. The number of nitrogens with zero attached hydrogens (tertiary/aromatic N) is 2. The van der Waals surface area contributed by atoms with Crippen molar-refractivity contribution in [3.63, 3.8) is 0 Å². The minimum atomic E-state index is -3.73. The molecule has 0 saturated heterocycles. The zero-order chi connectivity index (χ0) is 14.8. The van der Waals surface area contributed by atoms with Crippen LogP contribution in [0.4, 0.5) is 0 Å². The van der Waals surface area contributed by atoms with E-state index in [2.05, 4.69) is 0 Å². The van der Waals surface area contributed by atoms with E-state index in [-0.39, 0.29) is 17.1 Å². The zero-order valence-corrected chi connectivity index (χ0v) is 11.9. The summed E-state index contributed by atoms with van der Waals surface area (Å²) in [6, 6.07) is 1.12. The molecular formula is C11H18N2O5S. The predicted molar refractivity (Wildman–Crippen MR) is 68.5 cm³/mol. The predicted octanol–water partition coefficient (Wildman–Crippen LogP) is 0.115. The number of hydrogen-bond acceptors (Lipinski definition) is 4. The fourth-order valence-electron chi connectivity index (χ4n) is 1.56. The molecule has 1 heterocycles. The van der Waals surface area contributed by atoms with E-state index in [9.17, 15) is 13.2 Å². The summed E-state index contributed by atoms with van der Waals surface area (Å²) in [5, 5.41) is 18.1. The molecule has 1 unspecified atom stereocenters. The summed E-state index contributed by atoms with van der Waals surface area (Å²) < 4.78 is 26.7. The first-order valence-corrected chi connectivity index (χ1v) is 7.14. The van der Waals surface area contributed by atoms with Gasteiger partial charge < -0.3 is 14.8 Å². The molecule has 0 radical (unpaired) electrons. The number of hydrogen-bond donors (Lipinski definition) is 2. The fourth-order valence-corrected chi connectivity index (χ4v) is 2.81. The van der Waals surface area contributed by atoms with Crippen molar-refractivity contribution in [2.45, 2.75) is 24.3 Å². The maximum Gasteiger partial charge on any atom is 0.352 e. The quantitative estimate of drug-likeness (QED) is 0.775. The van der Waals surface area contributed by atoms with Crippen LogP contribution in [0.5, 0.6) is 0 Å². The van der Waals surface area contributed by atoms with Crippen LogP contribution in [0.25, 0.3) is 0 Å². The van der Waals surface area contributed by atoms with Gasteiger partial charge in [0.1, 0.15) is 10.6 Å². The molecule has 1 rings (SSSR count). The number of carboxylic acid groups (broad SMARTS) is 1. The summed E-state index contributed by atoms with van der Waals surface area (Å²) in [7, 11) is -0.867. The molecule has 0 saturated carbocycles. The maximum absolute atomic E-state index is 12.2. The summed E-state index contributed by atoms with van der Waals surface area (Å²) >= 11 is 0. The third-order valence-electron chi connectivity index (χ3n) is 2.77. The smallest absolute Gasteiger partial charge is 0.352 e. The van der Waals surface area contributed by atoms with Gasteiger partial charge >= 0.3 is 5.97 Å². The van der Waals surface area contributed by atoms with Crippen LogP contribution in [0.3, 0.4) is 0 Å². The molecule has 0 aliphatic heterocycles. The van der Waals surface area contributed by atoms with Gasteiger partial charge in [-0.25, -0.2) is 17.5 Å². The molecule has 8 heteroatoms. The first-order valence-electron chi connectivity index (χ1n) is 5.70. The van der Waals surface area contributed by atoms with Gasteiger partial charge in [0.15, 0.2) is 0 Å². The summed E-state index contributed by atoms with van der Waals surface area (Å²) in [5.41, 5.74) is -0.0949. The summed E-state index contributed by atoms with van der Waals surface area (Å²) in [6.45, 7) is 1.74. The standard InChI is InChI=1S/C11H18N2O5S/c1-8(14)4-5-13(3)19(17,18)9-6-10(11(15)16)12(2)7-9/h6-8,14H,4-5H2,1-3H3,(H,15,16). The van der Waals surface area contributed by atoms with E-state index < -0.39 is 22.1 Å². The molecule has 0 amide bonds. The van der Waals surface area contributed by atoms with E-state index in [0.29, 0.717) is 6.42 Å². The van der Waals surface area contributed by atoms with Gasteiger partial charge in [0.25, 0.3) is 0 Å². The highest BCUT2D eigenvalue weighted by Gasteiger charge is 2.24. The van der Waals surface area contributed by atoms with Gasteiger partial charge in [-0.1, -0.05) is 0 Å². The second-order valence-electron chi connectivity index (χ2n) is 4.44. The maximum atomic E-state index is 12.2. The van der Waals surface area contributed by atoms with Gasteiger partial charge in [0.05, 0.1) is 6.10 Å². The Morgan fingerprint density at radius 3 is 2.53 bits per heavy atom. The minimum Gasteiger partial charge on any atom is -0.477 e. The largest absolute Gasteiger partial charge is 0.477 e. The number of aryl methyl sites for hydroxylation is 1. The van der Waals surface area contributed by atoms with Crippen LogP contribution in [-0.4, -0.2) is 53.2 Å². The van der Waals surface area contributed by atoms with Crippen molar-refractivity contribution in [1.29, 1.82) is 0 Å². The Bertz CT molecular complexity index is 562. The van der Waals surface area contributed by atoms with E-state index >= 15 is 0 Å². The van der Waals surface area contributed by atoms with Crippen molar-refractivity contribution in [2.24, 2.45) is 7.05 Å². The molecule has 19 heavy (non-hydrogen) atoms. The number of aliphatic hydroxyl groups is 1. The van der Waals surface area contributed by atoms with E-state index in [4.69, 9.17) is 10.2 Å². The Morgan fingerprint density at radius 2 is 2.11 bits per heavy atom. The third-order valence-corrected chi connectivity index (χ3v) is 4.59. The van der Waals surface area contributed by atoms with Crippen molar-refractivity contribution in [3.05, 3.63) is 18.0 Å². The lowest BCUT2D eigenvalue weighted by Gasteiger charge is -2.16. The lowest BCUT2D eigenvalue weighted by atomic mass is 10.3. The molecule has 7 nitrogen and oxygen atoms in total. The van der Waals surface area contributed by atoms with Gasteiger partial charge in [-0.15, -0.1) is 0 Å². The van der Waals surface area contributed by atoms with Crippen molar-refractivity contribution < 1.29 is 23.4 Å². The first kappa shape index (κ1) is 15.7. The van der Waals surface area contributed by atoms with Crippen LogP contribution >= 0.6 is 0 Å². The monoisotopic (exact) mass is 290 g/mol. The Hall–Kier alpha value is -1.38.